The van der Waals surface area contributed by atoms with E-state index in [0.29, 0.717) is 10.8 Å². The van der Waals surface area contributed by atoms with E-state index in [1.165, 1.54) is 5.56 Å². The molecule has 0 fully saturated rings. The Bertz CT molecular complexity index is 1140. The van der Waals surface area contributed by atoms with Crippen LogP contribution in [0.2, 0.25) is 5.02 Å². The Morgan fingerprint density at radius 2 is 1.66 bits per heavy atom. The maximum Gasteiger partial charge on any atom is 0.174 e. The second kappa shape index (κ2) is 8.72. The summed E-state index contributed by atoms with van der Waals surface area (Å²) in [5.74, 6) is 0.628. The van der Waals surface area contributed by atoms with Gasteiger partial charge < -0.3 is 0 Å². The van der Waals surface area contributed by atoms with Gasteiger partial charge in [0, 0.05) is 16.7 Å². The van der Waals surface area contributed by atoms with Crippen molar-refractivity contribution in [2.75, 3.05) is 0 Å². The van der Waals surface area contributed by atoms with Crippen LogP contribution in [-0.4, -0.2) is 15.9 Å². The summed E-state index contributed by atoms with van der Waals surface area (Å²) in [6.07, 6.45) is 4.09. The molecule has 0 aliphatic heterocycles. The highest BCUT2D eigenvalue weighted by atomic mass is 35.5. The van der Waals surface area contributed by atoms with Crippen molar-refractivity contribution in [2.45, 2.75) is 6.92 Å². The Morgan fingerprint density at radius 3 is 2.38 bits per heavy atom. The van der Waals surface area contributed by atoms with E-state index >= 15 is 0 Å². The molecule has 0 bridgehead atoms. The van der Waals surface area contributed by atoms with E-state index in [-0.39, 0.29) is 0 Å². The first kappa shape index (κ1) is 18.9. The van der Waals surface area contributed by atoms with Crippen molar-refractivity contribution in [3.8, 4) is 11.3 Å². The number of nitrogens with one attached hydrogen (secondary N) is 1. The zero-order valence-electron chi connectivity index (χ0n) is 16.0. The van der Waals surface area contributed by atoms with Crippen LogP contribution in [0.25, 0.3) is 17.3 Å². The minimum atomic E-state index is 0.628. The quantitative estimate of drug-likeness (QED) is 0.366. The maximum atomic E-state index is 5.98. The van der Waals surface area contributed by atoms with Crippen LogP contribution in [0.1, 0.15) is 16.7 Å². The number of benzene rings is 3. The number of hydrogen-bond acceptors (Lipinski definition) is 2. The monoisotopic (exact) mass is 397 g/mol. The molecule has 29 heavy (non-hydrogen) atoms. The second-order valence-electron chi connectivity index (χ2n) is 6.75. The highest BCUT2D eigenvalue weighted by Crippen LogP contribution is 2.23. The summed E-state index contributed by atoms with van der Waals surface area (Å²) >= 11 is 5.98. The van der Waals surface area contributed by atoms with E-state index in [4.69, 9.17) is 16.6 Å². The van der Waals surface area contributed by atoms with Crippen LogP contribution in [0.3, 0.4) is 0 Å². The zero-order valence-corrected chi connectivity index (χ0v) is 16.8. The Morgan fingerprint density at radius 1 is 0.931 bits per heavy atom. The Kier molecular flexibility index (Phi) is 5.68. The molecule has 142 valence electrons. The van der Waals surface area contributed by atoms with E-state index < -0.39 is 0 Å². The van der Waals surface area contributed by atoms with E-state index in [1.54, 1.807) is 0 Å². The van der Waals surface area contributed by atoms with Crippen molar-refractivity contribution >= 4 is 29.2 Å². The fourth-order valence-corrected chi connectivity index (χ4v) is 3.06. The standard InChI is InChI=1S/C25H20ClN3/c1-18-7-10-20(11-8-18)23(16-9-19-5-3-2-4-6-19)27-25-17-24(28-29-25)21-12-14-22(26)15-13-21/h2-17H,1H3,(H,28,29)/b16-9+,27-23?. The number of aromatic nitrogens is 2. The van der Waals surface area contributed by atoms with Gasteiger partial charge in [-0.15, -0.1) is 0 Å². The van der Waals surface area contributed by atoms with Gasteiger partial charge in [0.15, 0.2) is 5.82 Å². The molecule has 0 aliphatic rings. The van der Waals surface area contributed by atoms with Gasteiger partial charge in [0.2, 0.25) is 0 Å². The summed E-state index contributed by atoms with van der Waals surface area (Å²) in [5, 5.41) is 8.14. The van der Waals surface area contributed by atoms with Gasteiger partial charge in [0.1, 0.15) is 0 Å². The Labute approximate surface area is 175 Å². The fraction of sp³-hybridized carbons (Fsp3) is 0.0400. The van der Waals surface area contributed by atoms with Crippen molar-refractivity contribution in [2.24, 2.45) is 4.99 Å². The lowest BCUT2D eigenvalue weighted by Gasteiger charge is -2.02. The number of aryl methyl sites for hydroxylation is 1. The third-order valence-electron chi connectivity index (χ3n) is 4.54. The van der Waals surface area contributed by atoms with Crippen molar-refractivity contribution in [1.29, 1.82) is 0 Å². The minimum absolute atomic E-state index is 0.628. The first-order chi connectivity index (χ1) is 14.2. The summed E-state index contributed by atoms with van der Waals surface area (Å²) in [4.78, 5) is 4.80. The molecule has 0 saturated carbocycles. The Balaban J connectivity index is 1.68. The molecule has 1 heterocycles. The van der Waals surface area contributed by atoms with Crippen LogP contribution in [0.5, 0.6) is 0 Å². The molecule has 4 aromatic rings. The van der Waals surface area contributed by atoms with Crippen LogP contribution in [-0.2, 0) is 0 Å². The third kappa shape index (κ3) is 4.89. The molecule has 4 rings (SSSR count). The van der Waals surface area contributed by atoms with Gasteiger partial charge in [-0.25, -0.2) is 4.99 Å². The molecular formula is C25H20ClN3. The number of aliphatic imine (C=N–C) groups is 1. The zero-order chi connectivity index (χ0) is 20.1. The molecule has 0 atom stereocenters. The molecule has 0 unspecified atom stereocenters. The van der Waals surface area contributed by atoms with Crippen molar-refractivity contribution < 1.29 is 0 Å². The predicted molar refractivity (Wildman–Crippen MR) is 122 cm³/mol. The first-order valence-corrected chi connectivity index (χ1v) is 9.75. The highest BCUT2D eigenvalue weighted by Gasteiger charge is 2.06. The lowest BCUT2D eigenvalue weighted by molar-refractivity contribution is 1.09. The SMILES string of the molecule is Cc1ccc(C(/C=C/c2ccccc2)=Nc2cc(-c3ccc(Cl)cc3)[nH]n2)cc1. The third-order valence-corrected chi connectivity index (χ3v) is 4.79. The van der Waals surface area contributed by atoms with Gasteiger partial charge in [-0.1, -0.05) is 90.0 Å². The normalized spacial score (nSPS) is 11.9. The largest absolute Gasteiger partial charge is 0.276 e. The molecule has 4 heteroatoms. The second-order valence-corrected chi connectivity index (χ2v) is 7.19. The smallest absolute Gasteiger partial charge is 0.174 e. The molecule has 1 aromatic heterocycles. The van der Waals surface area contributed by atoms with Crippen LogP contribution in [0.4, 0.5) is 5.82 Å². The average Bonchev–Trinajstić information content (AvgIpc) is 3.22. The maximum absolute atomic E-state index is 5.98. The lowest BCUT2D eigenvalue weighted by Crippen LogP contribution is -1.96. The van der Waals surface area contributed by atoms with Crippen LogP contribution in [0.15, 0.2) is 96.0 Å². The first-order valence-electron chi connectivity index (χ1n) is 9.37. The van der Waals surface area contributed by atoms with E-state index in [0.717, 1.165) is 28.1 Å². The van der Waals surface area contributed by atoms with Gasteiger partial charge >= 0.3 is 0 Å². The summed E-state index contributed by atoms with van der Waals surface area (Å²) in [5.41, 5.74) is 6.14. The molecule has 0 aliphatic carbocycles. The van der Waals surface area contributed by atoms with Crippen molar-refractivity contribution in [1.82, 2.24) is 10.2 Å². The molecule has 3 aromatic carbocycles. The van der Waals surface area contributed by atoms with E-state index in [1.807, 2.05) is 54.6 Å². The highest BCUT2D eigenvalue weighted by molar-refractivity contribution is 6.30. The molecule has 0 radical (unpaired) electrons. The number of nitrogens with zero attached hydrogens (tertiary/aromatic N) is 2. The molecule has 3 nitrogen and oxygen atoms in total. The van der Waals surface area contributed by atoms with Crippen LogP contribution >= 0.6 is 11.6 Å². The predicted octanol–water partition coefficient (Wildman–Crippen LogP) is 6.87. The number of H-pyrrole nitrogens is 1. The van der Waals surface area contributed by atoms with Gasteiger partial charge in [0.25, 0.3) is 0 Å². The molecule has 0 spiro atoms. The van der Waals surface area contributed by atoms with E-state index in [2.05, 4.69) is 59.6 Å². The van der Waals surface area contributed by atoms with Gasteiger partial charge in [-0.3, -0.25) is 5.10 Å². The molecule has 0 saturated heterocycles. The van der Waals surface area contributed by atoms with Gasteiger partial charge in [-0.2, -0.15) is 5.10 Å². The summed E-state index contributed by atoms with van der Waals surface area (Å²) in [7, 11) is 0. The number of rotatable bonds is 5. The molecule has 0 amide bonds. The summed E-state index contributed by atoms with van der Waals surface area (Å²) in [6, 6.07) is 28.1. The van der Waals surface area contributed by atoms with Crippen molar-refractivity contribution in [3.63, 3.8) is 0 Å². The van der Waals surface area contributed by atoms with Gasteiger partial charge in [0.05, 0.1) is 11.4 Å². The van der Waals surface area contributed by atoms with Crippen molar-refractivity contribution in [3.05, 3.63) is 113 Å². The fourth-order valence-electron chi connectivity index (χ4n) is 2.93. The number of halogens is 1. The van der Waals surface area contributed by atoms with Crippen LogP contribution in [0, 0.1) is 6.92 Å². The van der Waals surface area contributed by atoms with Crippen LogP contribution < -0.4 is 0 Å². The lowest BCUT2D eigenvalue weighted by atomic mass is 10.1. The number of allylic oxidation sites excluding steroid dienone is 1. The van der Waals surface area contributed by atoms with Gasteiger partial charge in [-0.05, 0) is 36.3 Å². The average molecular weight is 398 g/mol. The number of aromatic amines is 1. The Hall–Kier alpha value is -3.43. The number of hydrogen-bond donors (Lipinski definition) is 1. The minimum Gasteiger partial charge on any atom is -0.276 e. The van der Waals surface area contributed by atoms with E-state index in [9.17, 15) is 0 Å². The molecule has 1 N–H and O–H groups in total. The summed E-state index contributed by atoms with van der Waals surface area (Å²) in [6.45, 7) is 2.08. The summed E-state index contributed by atoms with van der Waals surface area (Å²) < 4.78 is 0. The molecular weight excluding hydrogens is 378 g/mol. The topological polar surface area (TPSA) is 41.0 Å².